The number of methoxy groups -OCH3 is 1. The van der Waals surface area contributed by atoms with Gasteiger partial charge in [-0.3, -0.25) is 9.59 Å². The molecule has 1 aromatic carbocycles. The molecule has 1 aliphatic rings. The molecule has 1 aliphatic heterocycles. The first kappa shape index (κ1) is 15.0. The number of hydrogen-bond donors (Lipinski definition) is 2. The molecule has 0 aromatic heterocycles. The Bertz CT molecular complexity index is 656. The molecule has 1 aromatic rings. The molecule has 0 radical (unpaired) electrons. The van der Waals surface area contributed by atoms with Crippen LogP contribution in [0.15, 0.2) is 28.4 Å². The van der Waals surface area contributed by atoms with E-state index in [2.05, 4.69) is 21.2 Å². The van der Waals surface area contributed by atoms with Crippen molar-refractivity contribution in [3.63, 3.8) is 0 Å². The van der Waals surface area contributed by atoms with Gasteiger partial charge in [0.2, 0.25) is 0 Å². The highest BCUT2D eigenvalue weighted by molar-refractivity contribution is 9.10. The van der Waals surface area contributed by atoms with Gasteiger partial charge >= 0.3 is 12.0 Å². The molecule has 0 aliphatic carbocycles. The van der Waals surface area contributed by atoms with E-state index in [0.717, 1.165) is 0 Å². The van der Waals surface area contributed by atoms with Gasteiger partial charge in [0, 0.05) is 0 Å². The van der Waals surface area contributed by atoms with Crippen molar-refractivity contribution in [3.8, 4) is 5.75 Å². The Hall–Kier alpha value is -2.35. The summed E-state index contributed by atoms with van der Waals surface area (Å²) in [6, 6.07) is 4.37. The number of hydrogen-bond acceptors (Lipinski definition) is 4. The Morgan fingerprint density at radius 2 is 2.19 bits per heavy atom. The number of rotatable bonds is 4. The van der Waals surface area contributed by atoms with E-state index in [1.807, 2.05) is 0 Å². The van der Waals surface area contributed by atoms with Gasteiger partial charge < -0.3 is 15.2 Å². The number of carbonyl (C=O) groups excluding carboxylic acids is 2. The van der Waals surface area contributed by atoms with Gasteiger partial charge in [-0.1, -0.05) is 6.07 Å². The van der Waals surface area contributed by atoms with Crippen LogP contribution in [0.25, 0.3) is 6.08 Å². The topological polar surface area (TPSA) is 95.9 Å². The number of benzene rings is 1. The van der Waals surface area contributed by atoms with E-state index in [1.165, 1.54) is 13.2 Å². The lowest BCUT2D eigenvalue weighted by atomic mass is 10.2. The predicted octanol–water partition coefficient (Wildman–Crippen LogP) is 1.44. The van der Waals surface area contributed by atoms with Gasteiger partial charge in [0.05, 0.1) is 11.6 Å². The molecule has 0 bridgehead atoms. The number of carboxylic acids is 1. The minimum Gasteiger partial charge on any atom is -0.496 e. The lowest BCUT2D eigenvalue weighted by molar-refractivity contribution is -0.140. The standard InChI is InChI=1S/C13H11BrN2O5/c1-21-10-3-2-7(4-8(10)14)5-9-12(19)16(6-11(17)18)13(20)15-9/h2-5H,6H2,1H3,(H,15,20)(H,17,18)/b9-5+. The van der Waals surface area contributed by atoms with Crippen molar-refractivity contribution in [1.29, 1.82) is 0 Å². The van der Waals surface area contributed by atoms with Crippen molar-refractivity contribution in [3.05, 3.63) is 33.9 Å². The smallest absolute Gasteiger partial charge is 0.329 e. The number of amides is 3. The third-order valence-corrected chi connectivity index (χ3v) is 3.36. The van der Waals surface area contributed by atoms with E-state index in [0.29, 0.717) is 20.7 Å². The molecule has 8 heteroatoms. The van der Waals surface area contributed by atoms with Crippen LogP contribution in [0.5, 0.6) is 5.75 Å². The number of carbonyl (C=O) groups is 3. The van der Waals surface area contributed by atoms with Crippen LogP contribution in [0.1, 0.15) is 5.56 Å². The van der Waals surface area contributed by atoms with Crippen LogP contribution < -0.4 is 10.1 Å². The van der Waals surface area contributed by atoms with Crippen LogP contribution in [0.3, 0.4) is 0 Å². The van der Waals surface area contributed by atoms with Crippen LogP contribution in [-0.4, -0.2) is 41.6 Å². The second kappa shape index (κ2) is 5.96. The van der Waals surface area contributed by atoms with E-state index in [4.69, 9.17) is 9.84 Å². The fraction of sp³-hybridized carbons (Fsp3) is 0.154. The fourth-order valence-electron chi connectivity index (χ4n) is 1.79. The Balaban J connectivity index is 2.26. The van der Waals surface area contributed by atoms with Crippen LogP contribution in [-0.2, 0) is 9.59 Å². The predicted molar refractivity (Wildman–Crippen MR) is 76.6 cm³/mol. The largest absolute Gasteiger partial charge is 0.496 e. The summed E-state index contributed by atoms with van der Waals surface area (Å²) in [7, 11) is 1.53. The SMILES string of the molecule is COc1ccc(/C=C2/NC(=O)N(CC(=O)O)C2=O)cc1Br. The van der Waals surface area contributed by atoms with Crippen molar-refractivity contribution in [1.82, 2.24) is 10.2 Å². The second-order valence-corrected chi connectivity index (χ2v) is 5.02. The van der Waals surface area contributed by atoms with Crippen LogP contribution in [0, 0.1) is 0 Å². The van der Waals surface area contributed by atoms with E-state index >= 15 is 0 Å². The zero-order valence-corrected chi connectivity index (χ0v) is 12.5. The van der Waals surface area contributed by atoms with E-state index in [9.17, 15) is 14.4 Å². The highest BCUT2D eigenvalue weighted by Crippen LogP contribution is 2.26. The molecule has 0 saturated carbocycles. The molecule has 1 saturated heterocycles. The highest BCUT2D eigenvalue weighted by Gasteiger charge is 2.34. The van der Waals surface area contributed by atoms with Gasteiger partial charge in [0.25, 0.3) is 5.91 Å². The lowest BCUT2D eigenvalue weighted by Crippen LogP contribution is -2.35. The summed E-state index contributed by atoms with van der Waals surface area (Å²) in [5, 5.41) is 11.0. The molecule has 1 fully saturated rings. The molecular formula is C13H11BrN2O5. The molecule has 1 heterocycles. The van der Waals surface area contributed by atoms with Crippen molar-refractivity contribution in [2.45, 2.75) is 0 Å². The molecule has 0 spiro atoms. The van der Waals surface area contributed by atoms with Crippen molar-refractivity contribution in [2.75, 3.05) is 13.7 Å². The quantitative estimate of drug-likeness (QED) is 0.629. The molecule has 7 nitrogen and oxygen atoms in total. The van der Waals surface area contributed by atoms with Gasteiger partial charge in [-0.15, -0.1) is 0 Å². The van der Waals surface area contributed by atoms with Gasteiger partial charge in [-0.2, -0.15) is 0 Å². The number of imide groups is 1. The van der Waals surface area contributed by atoms with E-state index < -0.39 is 24.5 Å². The van der Waals surface area contributed by atoms with E-state index in [1.54, 1.807) is 18.2 Å². The molecule has 110 valence electrons. The van der Waals surface area contributed by atoms with Gasteiger partial charge in [0.15, 0.2) is 0 Å². The Kier molecular flexibility index (Phi) is 4.27. The second-order valence-electron chi connectivity index (χ2n) is 4.17. The average molecular weight is 355 g/mol. The maximum Gasteiger partial charge on any atom is 0.329 e. The zero-order chi connectivity index (χ0) is 15.6. The number of ether oxygens (including phenoxy) is 1. The lowest BCUT2D eigenvalue weighted by Gasteiger charge is -2.07. The number of halogens is 1. The van der Waals surface area contributed by atoms with Crippen molar-refractivity contribution >= 4 is 39.9 Å². The molecule has 0 atom stereocenters. The molecular weight excluding hydrogens is 344 g/mol. The highest BCUT2D eigenvalue weighted by atomic mass is 79.9. The Morgan fingerprint density at radius 3 is 2.76 bits per heavy atom. The zero-order valence-electron chi connectivity index (χ0n) is 10.9. The number of urea groups is 1. The van der Waals surface area contributed by atoms with Crippen LogP contribution in [0.4, 0.5) is 4.79 Å². The summed E-state index contributed by atoms with van der Waals surface area (Å²) in [6.45, 7) is -0.672. The van der Waals surface area contributed by atoms with Crippen molar-refractivity contribution in [2.24, 2.45) is 0 Å². The van der Waals surface area contributed by atoms with E-state index in [-0.39, 0.29) is 5.70 Å². The fourth-order valence-corrected chi connectivity index (χ4v) is 2.35. The number of aliphatic carboxylic acids is 1. The van der Waals surface area contributed by atoms with Crippen LogP contribution >= 0.6 is 15.9 Å². The molecule has 2 N–H and O–H groups in total. The van der Waals surface area contributed by atoms with Crippen molar-refractivity contribution < 1.29 is 24.2 Å². The van der Waals surface area contributed by atoms with Gasteiger partial charge in [0.1, 0.15) is 18.0 Å². The average Bonchev–Trinajstić information content (AvgIpc) is 2.66. The molecule has 0 unspecified atom stereocenters. The molecule has 2 rings (SSSR count). The molecule has 3 amide bonds. The number of nitrogens with zero attached hydrogens (tertiary/aromatic N) is 1. The maximum atomic E-state index is 11.9. The third kappa shape index (κ3) is 3.22. The first-order chi connectivity index (χ1) is 9.92. The first-order valence-corrected chi connectivity index (χ1v) is 6.61. The minimum absolute atomic E-state index is 0.0262. The summed E-state index contributed by atoms with van der Waals surface area (Å²) in [5.74, 6) is -1.30. The summed E-state index contributed by atoms with van der Waals surface area (Å²) < 4.78 is 5.78. The molecule has 21 heavy (non-hydrogen) atoms. The summed E-state index contributed by atoms with van der Waals surface area (Å²) in [4.78, 5) is 34.7. The number of carboxylic acid groups (broad SMARTS) is 1. The van der Waals surface area contributed by atoms with Crippen LogP contribution in [0.2, 0.25) is 0 Å². The van der Waals surface area contributed by atoms with Gasteiger partial charge in [-0.05, 0) is 39.7 Å². The van der Waals surface area contributed by atoms with Gasteiger partial charge in [-0.25, -0.2) is 9.69 Å². The monoisotopic (exact) mass is 354 g/mol. The third-order valence-electron chi connectivity index (χ3n) is 2.74. The number of nitrogens with one attached hydrogen (secondary N) is 1. The summed E-state index contributed by atoms with van der Waals surface area (Å²) in [5.41, 5.74) is 0.682. The summed E-state index contributed by atoms with van der Waals surface area (Å²) >= 11 is 3.31. The Labute approximate surface area is 128 Å². The normalized spacial score (nSPS) is 16.3. The minimum atomic E-state index is -1.26. The maximum absolute atomic E-state index is 11.9. The first-order valence-electron chi connectivity index (χ1n) is 5.82. The summed E-state index contributed by atoms with van der Waals surface area (Å²) in [6.07, 6.45) is 1.46. The Morgan fingerprint density at radius 1 is 1.48 bits per heavy atom.